The normalized spacial score (nSPS) is 10.3. The van der Waals surface area contributed by atoms with Gasteiger partial charge in [-0.1, -0.05) is 18.2 Å². The highest BCUT2D eigenvalue weighted by atomic mass is 16.5. The molecule has 0 saturated heterocycles. The first-order chi connectivity index (χ1) is 10.3. The molecule has 0 aliphatic heterocycles. The van der Waals surface area contributed by atoms with Crippen molar-refractivity contribution in [2.45, 2.75) is 13.0 Å². The number of furan rings is 1. The molecule has 0 saturated carbocycles. The van der Waals surface area contributed by atoms with E-state index in [-0.39, 0.29) is 5.76 Å². The number of ether oxygens (including phenoxy) is 2. The van der Waals surface area contributed by atoms with E-state index in [0.29, 0.717) is 18.9 Å². The molecule has 2 aromatic rings. The van der Waals surface area contributed by atoms with Gasteiger partial charge in [-0.2, -0.15) is 0 Å². The van der Waals surface area contributed by atoms with Crippen LogP contribution < -0.4 is 10.1 Å². The van der Waals surface area contributed by atoms with Crippen molar-refractivity contribution in [3.63, 3.8) is 0 Å². The van der Waals surface area contributed by atoms with E-state index in [2.05, 4.69) is 10.1 Å². The van der Waals surface area contributed by atoms with Gasteiger partial charge in [0, 0.05) is 0 Å². The van der Waals surface area contributed by atoms with Crippen LogP contribution in [0, 0.1) is 0 Å². The van der Waals surface area contributed by atoms with E-state index in [1.165, 1.54) is 7.11 Å². The Hall–Kier alpha value is -2.27. The van der Waals surface area contributed by atoms with Gasteiger partial charge >= 0.3 is 5.97 Å². The van der Waals surface area contributed by atoms with Gasteiger partial charge in [-0.05, 0) is 37.2 Å². The second-order valence-electron chi connectivity index (χ2n) is 4.45. The fourth-order valence-electron chi connectivity index (χ4n) is 1.80. The Balaban J connectivity index is 1.59. The molecule has 1 aromatic carbocycles. The van der Waals surface area contributed by atoms with Gasteiger partial charge in [-0.3, -0.25) is 0 Å². The molecule has 1 N–H and O–H groups in total. The van der Waals surface area contributed by atoms with Crippen LogP contribution in [0.4, 0.5) is 0 Å². The lowest BCUT2D eigenvalue weighted by molar-refractivity contribution is 0.0563. The van der Waals surface area contributed by atoms with Crippen molar-refractivity contribution in [2.75, 3.05) is 20.3 Å². The van der Waals surface area contributed by atoms with Crippen molar-refractivity contribution in [2.24, 2.45) is 0 Å². The Kier molecular flexibility index (Phi) is 5.84. The van der Waals surface area contributed by atoms with E-state index >= 15 is 0 Å². The first kappa shape index (κ1) is 15.1. The topological polar surface area (TPSA) is 60.7 Å². The highest BCUT2D eigenvalue weighted by Gasteiger charge is 2.10. The molecule has 1 aromatic heterocycles. The van der Waals surface area contributed by atoms with E-state index in [1.807, 2.05) is 30.3 Å². The number of rotatable bonds is 8. The number of methoxy groups -OCH3 is 1. The van der Waals surface area contributed by atoms with Gasteiger partial charge in [0.2, 0.25) is 5.76 Å². The van der Waals surface area contributed by atoms with Crippen LogP contribution in [0.5, 0.6) is 5.75 Å². The Morgan fingerprint density at radius 3 is 2.76 bits per heavy atom. The molecular weight excluding hydrogens is 270 g/mol. The van der Waals surface area contributed by atoms with Crippen LogP contribution >= 0.6 is 0 Å². The molecule has 5 heteroatoms. The summed E-state index contributed by atoms with van der Waals surface area (Å²) in [6.45, 7) is 2.03. The number of nitrogens with one attached hydrogen (secondary N) is 1. The Labute approximate surface area is 123 Å². The largest absolute Gasteiger partial charge is 0.494 e. The summed E-state index contributed by atoms with van der Waals surface area (Å²) in [6.07, 6.45) is 0.888. The van der Waals surface area contributed by atoms with Crippen molar-refractivity contribution >= 4 is 5.97 Å². The third-order valence-corrected chi connectivity index (χ3v) is 2.86. The molecule has 0 spiro atoms. The summed E-state index contributed by atoms with van der Waals surface area (Å²) in [5, 5.41) is 3.23. The Bertz CT molecular complexity index is 550. The van der Waals surface area contributed by atoms with Crippen molar-refractivity contribution in [3.05, 3.63) is 54.0 Å². The van der Waals surface area contributed by atoms with Gasteiger partial charge in [-0.15, -0.1) is 0 Å². The molecule has 0 radical (unpaired) electrons. The van der Waals surface area contributed by atoms with Crippen molar-refractivity contribution in [1.82, 2.24) is 5.32 Å². The summed E-state index contributed by atoms with van der Waals surface area (Å²) in [6, 6.07) is 13.1. The Morgan fingerprint density at radius 1 is 1.19 bits per heavy atom. The van der Waals surface area contributed by atoms with Crippen LogP contribution in [0.2, 0.25) is 0 Å². The van der Waals surface area contributed by atoms with Gasteiger partial charge in [0.05, 0.1) is 20.3 Å². The summed E-state index contributed by atoms with van der Waals surface area (Å²) in [4.78, 5) is 11.2. The number of carbonyl (C=O) groups excluding carboxylic acids is 1. The van der Waals surface area contributed by atoms with Crippen LogP contribution in [-0.2, 0) is 11.3 Å². The van der Waals surface area contributed by atoms with Crippen LogP contribution in [0.1, 0.15) is 22.7 Å². The molecule has 0 unspecified atom stereocenters. The fraction of sp³-hybridized carbons (Fsp3) is 0.312. The third kappa shape index (κ3) is 4.96. The number of hydrogen-bond acceptors (Lipinski definition) is 5. The SMILES string of the molecule is COC(=O)c1ccc(CNCCCOc2ccccc2)o1. The van der Waals surface area contributed by atoms with Crippen molar-refractivity contribution in [3.8, 4) is 5.75 Å². The summed E-state index contributed by atoms with van der Waals surface area (Å²) < 4.78 is 15.5. The number of benzene rings is 1. The number of carbonyl (C=O) groups is 1. The zero-order valence-electron chi connectivity index (χ0n) is 12.0. The number of hydrogen-bond donors (Lipinski definition) is 1. The van der Waals surface area contributed by atoms with E-state index < -0.39 is 5.97 Å². The molecule has 112 valence electrons. The maximum atomic E-state index is 11.2. The highest BCUT2D eigenvalue weighted by Crippen LogP contribution is 2.09. The van der Waals surface area contributed by atoms with E-state index in [0.717, 1.165) is 18.7 Å². The molecule has 0 bridgehead atoms. The predicted octanol–water partition coefficient (Wildman–Crippen LogP) is 2.62. The summed E-state index contributed by atoms with van der Waals surface area (Å²) in [7, 11) is 1.33. The summed E-state index contributed by atoms with van der Waals surface area (Å²) in [5.41, 5.74) is 0. The smallest absolute Gasteiger partial charge is 0.373 e. The Morgan fingerprint density at radius 2 is 2.00 bits per heavy atom. The van der Waals surface area contributed by atoms with Gasteiger partial charge in [0.25, 0.3) is 0 Å². The van der Waals surface area contributed by atoms with Gasteiger partial charge in [0.1, 0.15) is 11.5 Å². The van der Waals surface area contributed by atoms with Crippen molar-refractivity contribution < 1.29 is 18.7 Å². The lowest BCUT2D eigenvalue weighted by Crippen LogP contribution is -2.16. The molecule has 2 rings (SSSR count). The molecule has 0 aliphatic carbocycles. The fourth-order valence-corrected chi connectivity index (χ4v) is 1.80. The summed E-state index contributed by atoms with van der Waals surface area (Å²) in [5.74, 6) is 1.35. The third-order valence-electron chi connectivity index (χ3n) is 2.86. The van der Waals surface area contributed by atoms with Gasteiger partial charge in [-0.25, -0.2) is 4.79 Å². The quantitative estimate of drug-likeness (QED) is 0.598. The second kappa shape index (κ2) is 8.11. The minimum atomic E-state index is -0.461. The lowest BCUT2D eigenvalue weighted by Gasteiger charge is -2.06. The average Bonchev–Trinajstić information content (AvgIpc) is 3.00. The molecular formula is C16H19NO4. The van der Waals surface area contributed by atoms with Gasteiger partial charge < -0.3 is 19.2 Å². The minimum Gasteiger partial charge on any atom is -0.494 e. The maximum Gasteiger partial charge on any atom is 0.373 e. The van der Waals surface area contributed by atoms with E-state index in [9.17, 15) is 4.79 Å². The standard InChI is InChI=1S/C16H19NO4/c1-19-16(18)15-9-8-14(21-15)12-17-10-5-11-20-13-6-3-2-4-7-13/h2-4,6-9,17H,5,10-12H2,1H3. The predicted molar refractivity (Wildman–Crippen MR) is 78.3 cm³/mol. The first-order valence-electron chi connectivity index (χ1n) is 6.85. The molecule has 5 nitrogen and oxygen atoms in total. The van der Waals surface area contributed by atoms with Crippen LogP contribution in [0.3, 0.4) is 0 Å². The molecule has 1 heterocycles. The molecule has 21 heavy (non-hydrogen) atoms. The average molecular weight is 289 g/mol. The van der Waals surface area contributed by atoms with Crippen LogP contribution in [0.25, 0.3) is 0 Å². The summed E-state index contributed by atoms with van der Waals surface area (Å²) >= 11 is 0. The zero-order valence-corrected chi connectivity index (χ0v) is 12.0. The molecule has 0 fully saturated rings. The van der Waals surface area contributed by atoms with Crippen LogP contribution in [-0.4, -0.2) is 26.2 Å². The van der Waals surface area contributed by atoms with E-state index in [1.54, 1.807) is 12.1 Å². The van der Waals surface area contributed by atoms with Gasteiger partial charge in [0.15, 0.2) is 0 Å². The zero-order chi connectivity index (χ0) is 14.9. The molecule has 0 atom stereocenters. The minimum absolute atomic E-state index is 0.224. The number of para-hydroxylation sites is 1. The van der Waals surface area contributed by atoms with Crippen molar-refractivity contribution in [1.29, 1.82) is 0 Å². The van der Waals surface area contributed by atoms with Crippen LogP contribution in [0.15, 0.2) is 46.9 Å². The second-order valence-corrected chi connectivity index (χ2v) is 4.45. The monoisotopic (exact) mass is 289 g/mol. The lowest BCUT2D eigenvalue weighted by atomic mass is 10.3. The molecule has 0 aliphatic rings. The molecule has 0 amide bonds. The number of esters is 1. The first-order valence-corrected chi connectivity index (χ1v) is 6.85. The maximum absolute atomic E-state index is 11.2. The highest BCUT2D eigenvalue weighted by molar-refractivity contribution is 5.86. The van der Waals surface area contributed by atoms with E-state index in [4.69, 9.17) is 9.15 Å².